The highest BCUT2D eigenvalue weighted by molar-refractivity contribution is 6.03. The summed E-state index contributed by atoms with van der Waals surface area (Å²) in [5.41, 5.74) is 4.38. The van der Waals surface area contributed by atoms with E-state index in [1.165, 1.54) is 11.8 Å². The molecular formula is C21H22N4O. The van der Waals surface area contributed by atoms with E-state index in [1.807, 2.05) is 42.5 Å². The predicted molar refractivity (Wildman–Crippen MR) is 105 cm³/mol. The Morgan fingerprint density at radius 2 is 1.46 bits per heavy atom. The maximum atomic E-state index is 12.4. The van der Waals surface area contributed by atoms with Crippen LogP contribution in [0.1, 0.15) is 35.5 Å². The zero-order chi connectivity index (χ0) is 18.4. The summed E-state index contributed by atoms with van der Waals surface area (Å²) in [5.74, 6) is 0.343. The summed E-state index contributed by atoms with van der Waals surface area (Å²) in [5, 5.41) is 6.16. The highest BCUT2D eigenvalue weighted by Crippen LogP contribution is 2.20. The minimum Gasteiger partial charge on any atom is -0.339 e. The number of para-hydroxylation sites is 2. The third-order valence-electron chi connectivity index (χ3n) is 4.19. The van der Waals surface area contributed by atoms with Crippen LogP contribution in [-0.4, -0.2) is 15.9 Å². The van der Waals surface area contributed by atoms with Gasteiger partial charge in [0, 0.05) is 11.4 Å². The Labute approximate surface area is 153 Å². The molecule has 0 aliphatic carbocycles. The second kappa shape index (κ2) is 8.25. The van der Waals surface area contributed by atoms with Gasteiger partial charge in [-0.3, -0.25) is 4.79 Å². The molecule has 132 valence electrons. The van der Waals surface area contributed by atoms with E-state index >= 15 is 0 Å². The van der Waals surface area contributed by atoms with Gasteiger partial charge >= 0.3 is 0 Å². The largest absolute Gasteiger partial charge is 0.339 e. The van der Waals surface area contributed by atoms with E-state index in [0.29, 0.717) is 5.82 Å². The number of nitrogens with zero attached hydrogens (tertiary/aromatic N) is 2. The monoisotopic (exact) mass is 346 g/mol. The van der Waals surface area contributed by atoms with Crippen LogP contribution in [0.4, 0.5) is 17.2 Å². The Morgan fingerprint density at radius 3 is 2.08 bits per heavy atom. The summed E-state index contributed by atoms with van der Waals surface area (Å²) < 4.78 is 0. The van der Waals surface area contributed by atoms with Gasteiger partial charge in [0.1, 0.15) is 11.5 Å². The molecule has 0 fully saturated rings. The van der Waals surface area contributed by atoms with Crippen molar-refractivity contribution in [2.75, 3.05) is 10.6 Å². The number of aryl methyl sites for hydroxylation is 2. The maximum Gasteiger partial charge on any atom is 0.275 e. The fourth-order valence-electron chi connectivity index (χ4n) is 2.74. The van der Waals surface area contributed by atoms with Crippen molar-refractivity contribution in [1.29, 1.82) is 0 Å². The average Bonchev–Trinajstić information content (AvgIpc) is 2.69. The number of hydrogen-bond acceptors (Lipinski definition) is 4. The minimum absolute atomic E-state index is 0.265. The van der Waals surface area contributed by atoms with Crippen LogP contribution >= 0.6 is 0 Å². The van der Waals surface area contributed by atoms with Crippen LogP contribution in [0.3, 0.4) is 0 Å². The minimum atomic E-state index is -0.265. The molecule has 26 heavy (non-hydrogen) atoms. The molecule has 1 amide bonds. The van der Waals surface area contributed by atoms with Gasteiger partial charge in [-0.05, 0) is 36.1 Å². The van der Waals surface area contributed by atoms with E-state index in [0.717, 1.165) is 29.8 Å². The Morgan fingerprint density at radius 1 is 0.846 bits per heavy atom. The first-order chi connectivity index (χ1) is 12.7. The van der Waals surface area contributed by atoms with Gasteiger partial charge < -0.3 is 10.6 Å². The molecule has 0 saturated heterocycles. The van der Waals surface area contributed by atoms with E-state index in [2.05, 4.69) is 40.5 Å². The molecule has 0 aliphatic heterocycles. The highest BCUT2D eigenvalue weighted by Gasteiger charge is 2.11. The third-order valence-corrected chi connectivity index (χ3v) is 4.19. The number of carbonyl (C=O) groups is 1. The Kier molecular flexibility index (Phi) is 5.59. The number of nitrogens with one attached hydrogen (secondary N) is 2. The van der Waals surface area contributed by atoms with Crippen molar-refractivity contribution >= 4 is 23.1 Å². The molecule has 2 N–H and O–H groups in total. The van der Waals surface area contributed by atoms with Gasteiger partial charge in [-0.2, -0.15) is 0 Å². The van der Waals surface area contributed by atoms with Gasteiger partial charge in [0.25, 0.3) is 5.91 Å². The van der Waals surface area contributed by atoms with Crippen LogP contribution < -0.4 is 10.6 Å². The van der Waals surface area contributed by atoms with Crippen LogP contribution in [0.15, 0.2) is 60.9 Å². The molecule has 0 radical (unpaired) electrons. The lowest BCUT2D eigenvalue weighted by Crippen LogP contribution is -2.15. The molecule has 2 aromatic carbocycles. The first-order valence-corrected chi connectivity index (χ1v) is 8.77. The quantitative estimate of drug-likeness (QED) is 0.685. The van der Waals surface area contributed by atoms with E-state index < -0.39 is 0 Å². The fraction of sp³-hybridized carbons (Fsp3) is 0.190. The summed E-state index contributed by atoms with van der Waals surface area (Å²) >= 11 is 0. The van der Waals surface area contributed by atoms with Gasteiger partial charge in [-0.1, -0.05) is 50.2 Å². The molecule has 3 rings (SSSR count). The molecule has 0 spiro atoms. The molecule has 0 atom stereocenters. The van der Waals surface area contributed by atoms with Crippen LogP contribution in [0.5, 0.6) is 0 Å². The van der Waals surface area contributed by atoms with Gasteiger partial charge in [0.05, 0.1) is 12.4 Å². The average molecular weight is 346 g/mol. The number of hydrogen-bond donors (Lipinski definition) is 2. The number of carbonyl (C=O) groups excluding carboxylic acids is 1. The summed E-state index contributed by atoms with van der Waals surface area (Å²) in [7, 11) is 0. The second-order valence-electron chi connectivity index (χ2n) is 5.89. The smallest absolute Gasteiger partial charge is 0.275 e. The zero-order valence-corrected chi connectivity index (χ0v) is 15.0. The number of benzene rings is 2. The lowest BCUT2D eigenvalue weighted by atomic mass is 10.1. The van der Waals surface area contributed by atoms with E-state index in [1.54, 1.807) is 6.20 Å². The van der Waals surface area contributed by atoms with Crippen molar-refractivity contribution in [2.24, 2.45) is 0 Å². The van der Waals surface area contributed by atoms with Crippen LogP contribution in [-0.2, 0) is 12.8 Å². The Balaban J connectivity index is 1.72. The van der Waals surface area contributed by atoms with Crippen molar-refractivity contribution in [3.63, 3.8) is 0 Å². The first-order valence-electron chi connectivity index (χ1n) is 8.77. The molecular weight excluding hydrogens is 324 g/mol. The zero-order valence-electron chi connectivity index (χ0n) is 15.0. The van der Waals surface area contributed by atoms with Crippen molar-refractivity contribution in [3.8, 4) is 0 Å². The van der Waals surface area contributed by atoms with Crippen LogP contribution in [0.2, 0.25) is 0 Å². The summed E-state index contributed by atoms with van der Waals surface area (Å²) in [6.45, 7) is 4.16. The summed E-state index contributed by atoms with van der Waals surface area (Å²) in [6, 6.07) is 15.8. The Hall–Kier alpha value is -3.21. The standard InChI is InChI=1S/C21H22N4O/c1-3-15-9-5-7-11-17(15)24-20-14-22-19(13-23-20)21(26)25-18-12-8-6-10-16(18)4-2/h5-14H,3-4H2,1-2H3,(H,23,24)(H,25,26). The molecule has 0 bridgehead atoms. The SMILES string of the molecule is CCc1ccccc1NC(=O)c1cnc(Nc2ccccc2CC)cn1. The second-order valence-corrected chi connectivity index (χ2v) is 5.89. The van der Waals surface area contributed by atoms with E-state index in [9.17, 15) is 4.79 Å². The fourth-order valence-corrected chi connectivity index (χ4v) is 2.74. The number of aromatic nitrogens is 2. The Bertz CT molecular complexity index is 891. The molecule has 5 nitrogen and oxygen atoms in total. The molecule has 0 saturated carbocycles. The topological polar surface area (TPSA) is 66.9 Å². The molecule has 3 aromatic rings. The highest BCUT2D eigenvalue weighted by atomic mass is 16.1. The molecule has 1 aromatic heterocycles. The summed E-state index contributed by atoms with van der Waals surface area (Å²) in [6.07, 6.45) is 4.84. The lowest BCUT2D eigenvalue weighted by Gasteiger charge is -2.11. The molecule has 5 heteroatoms. The van der Waals surface area contributed by atoms with E-state index in [-0.39, 0.29) is 11.6 Å². The lowest BCUT2D eigenvalue weighted by molar-refractivity contribution is 0.102. The third kappa shape index (κ3) is 4.06. The van der Waals surface area contributed by atoms with Gasteiger partial charge in [-0.25, -0.2) is 9.97 Å². The van der Waals surface area contributed by atoms with Crippen molar-refractivity contribution < 1.29 is 4.79 Å². The van der Waals surface area contributed by atoms with Crippen molar-refractivity contribution in [1.82, 2.24) is 9.97 Å². The number of amides is 1. The summed E-state index contributed by atoms with van der Waals surface area (Å²) in [4.78, 5) is 21.0. The van der Waals surface area contributed by atoms with Gasteiger partial charge in [-0.15, -0.1) is 0 Å². The van der Waals surface area contributed by atoms with Gasteiger partial charge in [0.2, 0.25) is 0 Å². The van der Waals surface area contributed by atoms with Crippen LogP contribution in [0.25, 0.3) is 0 Å². The maximum absolute atomic E-state index is 12.4. The van der Waals surface area contributed by atoms with Crippen molar-refractivity contribution in [2.45, 2.75) is 26.7 Å². The molecule has 0 unspecified atom stereocenters. The van der Waals surface area contributed by atoms with Crippen molar-refractivity contribution in [3.05, 3.63) is 77.7 Å². The predicted octanol–water partition coefficient (Wildman–Crippen LogP) is 4.60. The molecule has 1 heterocycles. The van der Waals surface area contributed by atoms with Gasteiger partial charge in [0.15, 0.2) is 0 Å². The van der Waals surface area contributed by atoms with E-state index in [4.69, 9.17) is 0 Å². The van der Waals surface area contributed by atoms with Crippen LogP contribution in [0, 0.1) is 0 Å². The first kappa shape index (κ1) is 17.6. The molecule has 0 aliphatic rings. The number of anilines is 3. The normalized spacial score (nSPS) is 10.4. The number of rotatable bonds is 6.